The maximum Gasteiger partial charge on any atom is 0.404 e. The molecule has 0 aromatic heterocycles. The third-order valence-electron chi connectivity index (χ3n) is 1.98. The molecule has 0 saturated carbocycles. The molecule has 6 nitrogen and oxygen atoms in total. The van der Waals surface area contributed by atoms with Crippen LogP contribution in [-0.2, 0) is 9.47 Å². The SMILES string of the molecule is CCC(C)(COC(N)=O)COC(N)=O. The molecule has 0 aliphatic carbocycles. The Labute approximate surface area is 82.5 Å². The predicted molar refractivity (Wildman–Crippen MR) is 49.5 cm³/mol. The minimum Gasteiger partial charge on any atom is -0.449 e. The summed E-state index contributed by atoms with van der Waals surface area (Å²) in [5.41, 5.74) is 9.19. The molecule has 0 atom stereocenters. The highest BCUT2D eigenvalue weighted by Gasteiger charge is 2.25. The molecule has 6 heteroatoms. The highest BCUT2D eigenvalue weighted by molar-refractivity contribution is 5.65. The van der Waals surface area contributed by atoms with E-state index >= 15 is 0 Å². The van der Waals surface area contributed by atoms with Gasteiger partial charge in [0.2, 0.25) is 0 Å². The molecular formula is C8H16N2O4. The summed E-state index contributed by atoms with van der Waals surface area (Å²) in [7, 11) is 0. The molecule has 0 aliphatic rings. The van der Waals surface area contributed by atoms with Crippen LogP contribution in [0, 0.1) is 5.41 Å². The first-order chi connectivity index (χ1) is 6.39. The number of ether oxygens (including phenoxy) is 2. The highest BCUT2D eigenvalue weighted by Crippen LogP contribution is 2.21. The third-order valence-corrected chi connectivity index (χ3v) is 1.98. The predicted octanol–water partition coefficient (Wildman–Crippen LogP) is 0.593. The van der Waals surface area contributed by atoms with E-state index in [9.17, 15) is 9.59 Å². The smallest absolute Gasteiger partial charge is 0.404 e. The molecule has 0 saturated heterocycles. The minimum absolute atomic E-state index is 0.103. The van der Waals surface area contributed by atoms with Gasteiger partial charge in [-0.1, -0.05) is 13.8 Å². The number of amides is 2. The number of rotatable bonds is 5. The minimum atomic E-state index is -0.844. The van der Waals surface area contributed by atoms with E-state index in [0.29, 0.717) is 6.42 Å². The van der Waals surface area contributed by atoms with E-state index in [2.05, 4.69) is 9.47 Å². The van der Waals surface area contributed by atoms with Crippen molar-refractivity contribution in [3.63, 3.8) is 0 Å². The monoisotopic (exact) mass is 204 g/mol. The summed E-state index contributed by atoms with van der Waals surface area (Å²) in [5, 5.41) is 0. The van der Waals surface area contributed by atoms with Gasteiger partial charge < -0.3 is 20.9 Å². The van der Waals surface area contributed by atoms with Crippen molar-refractivity contribution in [1.29, 1.82) is 0 Å². The van der Waals surface area contributed by atoms with Crippen LogP contribution < -0.4 is 11.5 Å². The van der Waals surface area contributed by atoms with Crippen LogP contribution in [0.3, 0.4) is 0 Å². The van der Waals surface area contributed by atoms with Crippen LogP contribution >= 0.6 is 0 Å². The maximum absolute atomic E-state index is 10.4. The normalized spacial score (nSPS) is 10.7. The van der Waals surface area contributed by atoms with Gasteiger partial charge in [-0.25, -0.2) is 9.59 Å². The summed E-state index contributed by atoms with van der Waals surface area (Å²) < 4.78 is 9.27. The molecule has 82 valence electrons. The Balaban J connectivity index is 4.03. The van der Waals surface area contributed by atoms with Crippen LogP contribution in [0.2, 0.25) is 0 Å². The first-order valence-corrected chi connectivity index (χ1v) is 4.24. The summed E-state index contributed by atoms with van der Waals surface area (Å²) in [6.45, 7) is 3.89. The fourth-order valence-corrected chi connectivity index (χ4v) is 0.737. The average Bonchev–Trinajstić information content (AvgIpc) is 2.11. The Morgan fingerprint density at radius 1 is 1.14 bits per heavy atom. The van der Waals surface area contributed by atoms with E-state index in [-0.39, 0.29) is 13.2 Å². The van der Waals surface area contributed by atoms with Crippen molar-refractivity contribution in [2.24, 2.45) is 16.9 Å². The molecule has 0 rings (SSSR count). The van der Waals surface area contributed by atoms with Crippen molar-refractivity contribution in [1.82, 2.24) is 0 Å². The van der Waals surface area contributed by atoms with Crippen LogP contribution in [0.1, 0.15) is 20.3 Å². The van der Waals surface area contributed by atoms with Crippen LogP contribution in [-0.4, -0.2) is 25.4 Å². The molecule has 14 heavy (non-hydrogen) atoms. The molecule has 0 aromatic carbocycles. The number of hydrogen-bond donors (Lipinski definition) is 2. The van der Waals surface area contributed by atoms with Gasteiger partial charge >= 0.3 is 12.2 Å². The molecule has 0 radical (unpaired) electrons. The van der Waals surface area contributed by atoms with E-state index in [4.69, 9.17) is 11.5 Å². The van der Waals surface area contributed by atoms with Crippen LogP contribution in [0.25, 0.3) is 0 Å². The van der Waals surface area contributed by atoms with Gasteiger partial charge in [0.15, 0.2) is 0 Å². The van der Waals surface area contributed by atoms with Gasteiger partial charge in [-0.3, -0.25) is 0 Å². The summed E-state index contributed by atoms with van der Waals surface area (Å²) in [4.78, 5) is 20.7. The first-order valence-electron chi connectivity index (χ1n) is 4.24. The lowest BCUT2D eigenvalue weighted by atomic mass is 9.90. The average molecular weight is 204 g/mol. The largest absolute Gasteiger partial charge is 0.449 e. The van der Waals surface area contributed by atoms with Crippen molar-refractivity contribution in [3.8, 4) is 0 Å². The van der Waals surface area contributed by atoms with Crippen molar-refractivity contribution in [2.45, 2.75) is 20.3 Å². The van der Waals surface area contributed by atoms with E-state index in [0.717, 1.165) is 0 Å². The molecule has 0 aromatic rings. The molecule has 0 bridgehead atoms. The van der Waals surface area contributed by atoms with Gasteiger partial charge in [0.05, 0.1) is 0 Å². The van der Waals surface area contributed by atoms with Crippen molar-refractivity contribution in [2.75, 3.05) is 13.2 Å². The zero-order valence-electron chi connectivity index (χ0n) is 8.41. The van der Waals surface area contributed by atoms with Crippen molar-refractivity contribution < 1.29 is 19.1 Å². The Kier molecular flexibility index (Phi) is 4.76. The van der Waals surface area contributed by atoms with Crippen LogP contribution in [0.15, 0.2) is 0 Å². The first kappa shape index (κ1) is 12.5. The fourth-order valence-electron chi connectivity index (χ4n) is 0.737. The number of primary amides is 2. The Morgan fingerprint density at radius 3 is 1.71 bits per heavy atom. The summed E-state index contributed by atoms with van der Waals surface area (Å²) in [6, 6.07) is 0. The Morgan fingerprint density at radius 2 is 1.50 bits per heavy atom. The third kappa shape index (κ3) is 5.23. The second-order valence-corrected chi connectivity index (χ2v) is 3.38. The molecule has 0 spiro atoms. The topological polar surface area (TPSA) is 105 Å². The summed E-state index contributed by atoms with van der Waals surface area (Å²) in [6.07, 6.45) is -1.01. The lowest BCUT2D eigenvalue weighted by Gasteiger charge is -2.26. The Hall–Kier alpha value is -1.46. The zero-order chi connectivity index (χ0) is 11.2. The molecular weight excluding hydrogens is 188 g/mol. The quantitative estimate of drug-likeness (QED) is 0.683. The number of carbonyl (C=O) groups excluding carboxylic acids is 2. The van der Waals surface area contributed by atoms with Gasteiger partial charge in [-0.05, 0) is 6.42 Å². The summed E-state index contributed by atoms with van der Waals surface area (Å²) >= 11 is 0. The van der Waals surface area contributed by atoms with Crippen molar-refractivity contribution in [3.05, 3.63) is 0 Å². The number of hydrogen-bond acceptors (Lipinski definition) is 4. The van der Waals surface area contributed by atoms with Gasteiger partial charge in [-0.2, -0.15) is 0 Å². The molecule has 4 N–H and O–H groups in total. The van der Waals surface area contributed by atoms with Gasteiger partial charge in [-0.15, -0.1) is 0 Å². The number of nitrogens with two attached hydrogens (primary N) is 2. The lowest BCUT2D eigenvalue weighted by molar-refractivity contribution is 0.0401. The molecule has 0 fully saturated rings. The molecule has 2 amide bonds. The molecule has 0 aliphatic heterocycles. The van der Waals surface area contributed by atoms with Gasteiger partial charge in [0.25, 0.3) is 0 Å². The number of carbonyl (C=O) groups is 2. The summed E-state index contributed by atoms with van der Waals surface area (Å²) in [5.74, 6) is 0. The second-order valence-electron chi connectivity index (χ2n) is 3.38. The zero-order valence-corrected chi connectivity index (χ0v) is 8.41. The lowest BCUT2D eigenvalue weighted by Crippen LogP contribution is -2.33. The second kappa shape index (κ2) is 5.31. The van der Waals surface area contributed by atoms with Crippen LogP contribution in [0.4, 0.5) is 9.59 Å². The fraction of sp³-hybridized carbons (Fsp3) is 0.750. The van der Waals surface area contributed by atoms with E-state index in [1.165, 1.54) is 0 Å². The van der Waals surface area contributed by atoms with E-state index in [1.807, 2.05) is 6.92 Å². The van der Waals surface area contributed by atoms with Gasteiger partial charge in [0.1, 0.15) is 13.2 Å². The van der Waals surface area contributed by atoms with Gasteiger partial charge in [0, 0.05) is 5.41 Å². The molecule has 0 heterocycles. The Bertz CT molecular complexity index is 199. The standard InChI is InChI=1S/C8H16N2O4/c1-3-8(2,4-13-6(9)11)5-14-7(10)12/h3-5H2,1-2H3,(H2,9,11)(H2,10,12). The van der Waals surface area contributed by atoms with Crippen LogP contribution in [0.5, 0.6) is 0 Å². The maximum atomic E-state index is 10.4. The van der Waals surface area contributed by atoms with Crippen molar-refractivity contribution >= 4 is 12.2 Å². The highest BCUT2D eigenvalue weighted by atomic mass is 16.6. The van der Waals surface area contributed by atoms with E-state index in [1.54, 1.807) is 6.92 Å². The van der Waals surface area contributed by atoms with E-state index < -0.39 is 17.6 Å². The molecule has 0 unspecified atom stereocenters.